The third-order valence-corrected chi connectivity index (χ3v) is 3.63. The molecule has 0 atom stereocenters. The van der Waals surface area contributed by atoms with Crippen LogP contribution in [0.5, 0.6) is 11.5 Å². The Morgan fingerprint density at radius 1 is 1.04 bits per heavy atom. The maximum atomic E-state index is 12.2. The number of hydrogen-bond donors (Lipinski definition) is 2. The van der Waals surface area contributed by atoms with E-state index < -0.39 is 11.9 Å². The Morgan fingerprint density at radius 3 is 2.28 bits per heavy atom. The summed E-state index contributed by atoms with van der Waals surface area (Å²) in [5, 5.41) is 11.8. The maximum Gasteiger partial charge on any atom is 0.352 e. The molecule has 0 bridgehead atoms. The Balaban J connectivity index is 2.39. The summed E-state index contributed by atoms with van der Waals surface area (Å²) in [4.78, 5) is 23.7. The summed E-state index contributed by atoms with van der Waals surface area (Å²) in [5.74, 6) is -0.649. The molecule has 0 heterocycles. The van der Waals surface area contributed by atoms with E-state index in [-0.39, 0.29) is 5.70 Å². The van der Waals surface area contributed by atoms with Crippen molar-refractivity contribution in [2.24, 2.45) is 0 Å². The van der Waals surface area contributed by atoms with Crippen molar-refractivity contribution in [1.29, 1.82) is 0 Å². The first-order valence-corrected chi connectivity index (χ1v) is 7.51. The second-order valence-electron chi connectivity index (χ2n) is 5.20. The Labute approximate surface area is 145 Å². The summed E-state index contributed by atoms with van der Waals surface area (Å²) in [6.45, 7) is 1.80. The van der Waals surface area contributed by atoms with Crippen molar-refractivity contribution in [1.82, 2.24) is 5.32 Å². The molecule has 0 aliphatic carbocycles. The lowest BCUT2D eigenvalue weighted by atomic mass is 10.1. The highest BCUT2D eigenvalue weighted by atomic mass is 16.5. The van der Waals surface area contributed by atoms with Crippen molar-refractivity contribution in [3.63, 3.8) is 0 Å². The van der Waals surface area contributed by atoms with Crippen LogP contribution in [0.1, 0.15) is 21.5 Å². The van der Waals surface area contributed by atoms with Gasteiger partial charge in [-0.3, -0.25) is 4.79 Å². The van der Waals surface area contributed by atoms with E-state index in [9.17, 15) is 14.7 Å². The van der Waals surface area contributed by atoms with Crippen LogP contribution in [0.2, 0.25) is 0 Å². The van der Waals surface area contributed by atoms with Gasteiger partial charge in [-0.15, -0.1) is 0 Å². The van der Waals surface area contributed by atoms with Gasteiger partial charge in [-0.25, -0.2) is 4.79 Å². The molecule has 2 N–H and O–H groups in total. The van der Waals surface area contributed by atoms with Crippen LogP contribution in [0.25, 0.3) is 6.08 Å². The molecule has 2 aromatic carbocycles. The van der Waals surface area contributed by atoms with Crippen molar-refractivity contribution < 1.29 is 24.2 Å². The van der Waals surface area contributed by atoms with Gasteiger partial charge < -0.3 is 19.9 Å². The predicted octanol–water partition coefficient (Wildman–Crippen LogP) is 2.87. The van der Waals surface area contributed by atoms with Crippen molar-refractivity contribution in [3.05, 3.63) is 64.9 Å². The number of carboxylic acid groups (broad SMARTS) is 1. The van der Waals surface area contributed by atoms with Crippen LogP contribution < -0.4 is 14.8 Å². The van der Waals surface area contributed by atoms with Crippen LogP contribution >= 0.6 is 0 Å². The number of ether oxygens (including phenoxy) is 2. The Bertz CT molecular complexity index is 812. The predicted molar refractivity (Wildman–Crippen MR) is 93.8 cm³/mol. The number of rotatable bonds is 6. The number of amides is 1. The van der Waals surface area contributed by atoms with Crippen LogP contribution in [0.3, 0.4) is 0 Å². The van der Waals surface area contributed by atoms with Gasteiger partial charge in [0.15, 0.2) is 0 Å². The number of nitrogens with one attached hydrogen (secondary N) is 1. The van der Waals surface area contributed by atoms with Gasteiger partial charge in [-0.1, -0.05) is 18.2 Å². The minimum absolute atomic E-state index is 0.253. The number of hydrogen-bond acceptors (Lipinski definition) is 4. The third-order valence-electron chi connectivity index (χ3n) is 3.63. The van der Waals surface area contributed by atoms with E-state index in [2.05, 4.69) is 5.32 Å². The Hall–Kier alpha value is -3.28. The summed E-state index contributed by atoms with van der Waals surface area (Å²) in [6, 6.07) is 11.8. The number of carbonyl (C=O) groups is 2. The Morgan fingerprint density at radius 2 is 1.72 bits per heavy atom. The summed E-state index contributed by atoms with van der Waals surface area (Å²) in [5.41, 5.74) is 1.37. The van der Waals surface area contributed by atoms with E-state index in [4.69, 9.17) is 9.47 Å². The number of carbonyl (C=O) groups excluding carboxylic acids is 1. The molecule has 0 aliphatic rings. The number of aliphatic carboxylic acids is 1. The first-order valence-electron chi connectivity index (χ1n) is 7.51. The molecule has 0 saturated carbocycles. The van der Waals surface area contributed by atoms with Gasteiger partial charge in [0.2, 0.25) is 0 Å². The topological polar surface area (TPSA) is 84.9 Å². The van der Waals surface area contributed by atoms with Crippen LogP contribution in [-0.2, 0) is 4.79 Å². The molecular weight excluding hydrogens is 322 g/mol. The highest BCUT2D eigenvalue weighted by molar-refractivity contribution is 6.02. The zero-order valence-corrected chi connectivity index (χ0v) is 14.2. The molecule has 0 aromatic heterocycles. The lowest BCUT2D eigenvalue weighted by Gasteiger charge is -2.13. The average molecular weight is 341 g/mol. The number of carboxylic acids is 1. The minimum atomic E-state index is -1.25. The van der Waals surface area contributed by atoms with Crippen molar-refractivity contribution in [3.8, 4) is 11.5 Å². The largest absolute Gasteiger partial charge is 0.496 e. The minimum Gasteiger partial charge on any atom is -0.496 e. The summed E-state index contributed by atoms with van der Waals surface area (Å²) in [6.07, 6.45) is 1.36. The van der Waals surface area contributed by atoms with E-state index in [0.717, 1.165) is 5.56 Å². The number of methoxy groups -OCH3 is 2. The molecule has 25 heavy (non-hydrogen) atoms. The van der Waals surface area contributed by atoms with Crippen LogP contribution in [0, 0.1) is 6.92 Å². The molecule has 0 unspecified atom stereocenters. The standard InChI is InChI=1S/C19H19NO5/c1-12-16(24-2)10-9-14(17(12)25-3)11-15(19(22)23)20-18(21)13-7-5-4-6-8-13/h4-11H,1-3H3,(H,20,21)(H,22,23)/b15-11+. The van der Waals surface area contributed by atoms with E-state index in [1.54, 1.807) is 56.5 Å². The van der Waals surface area contributed by atoms with Crippen LogP contribution in [0.4, 0.5) is 0 Å². The van der Waals surface area contributed by atoms with E-state index in [1.807, 2.05) is 0 Å². The third kappa shape index (κ3) is 4.17. The molecule has 1 amide bonds. The van der Waals surface area contributed by atoms with Crippen molar-refractivity contribution >= 4 is 18.0 Å². The smallest absolute Gasteiger partial charge is 0.352 e. The Kier molecular flexibility index (Phi) is 5.79. The molecule has 130 valence electrons. The van der Waals surface area contributed by atoms with Gasteiger partial charge in [0, 0.05) is 16.7 Å². The molecular formula is C19H19NO5. The van der Waals surface area contributed by atoms with Gasteiger partial charge in [0.05, 0.1) is 14.2 Å². The quantitative estimate of drug-likeness (QED) is 0.789. The van der Waals surface area contributed by atoms with Crippen molar-refractivity contribution in [2.75, 3.05) is 14.2 Å². The monoisotopic (exact) mass is 341 g/mol. The van der Waals surface area contributed by atoms with Gasteiger partial charge in [-0.05, 0) is 37.3 Å². The van der Waals surface area contributed by atoms with Crippen LogP contribution in [0.15, 0.2) is 48.2 Å². The number of benzene rings is 2. The highest BCUT2D eigenvalue weighted by Gasteiger charge is 2.16. The molecule has 6 nitrogen and oxygen atoms in total. The lowest BCUT2D eigenvalue weighted by Crippen LogP contribution is -2.27. The molecule has 2 rings (SSSR count). The van der Waals surface area contributed by atoms with Crippen LogP contribution in [-0.4, -0.2) is 31.2 Å². The van der Waals surface area contributed by atoms with E-state index in [0.29, 0.717) is 22.6 Å². The lowest BCUT2D eigenvalue weighted by molar-refractivity contribution is -0.132. The van der Waals surface area contributed by atoms with Gasteiger partial charge in [0.25, 0.3) is 5.91 Å². The van der Waals surface area contributed by atoms with E-state index >= 15 is 0 Å². The second-order valence-corrected chi connectivity index (χ2v) is 5.20. The molecule has 6 heteroatoms. The SMILES string of the molecule is COc1ccc(/C=C(/NC(=O)c2ccccc2)C(=O)O)c(OC)c1C. The van der Waals surface area contributed by atoms with Gasteiger partial charge >= 0.3 is 5.97 Å². The fourth-order valence-electron chi connectivity index (χ4n) is 2.39. The fourth-order valence-corrected chi connectivity index (χ4v) is 2.39. The first kappa shape index (κ1) is 18.1. The molecule has 2 aromatic rings. The second kappa shape index (κ2) is 8.01. The summed E-state index contributed by atoms with van der Waals surface area (Å²) < 4.78 is 10.6. The zero-order valence-electron chi connectivity index (χ0n) is 14.2. The van der Waals surface area contributed by atoms with Gasteiger partial charge in [0.1, 0.15) is 17.2 Å². The maximum absolute atomic E-state index is 12.2. The molecule has 0 spiro atoms. The average Bonchev–Trinajstić information content (AvgIpc) is 2.62. The normalized spacial score (nSPS) is 10.9. The molecule has 0 aliphatic heterocycles. The first-order chi connectivity index (χ1) is 12.0. The fraction of sp³-hybridized carbons (Fsp3) is 0.158. The zero-order chi connectivity index (χ0) is 18.4. The van der Waals surface area contributed by atoms with Gasteiger partial charge in [-0.2, -0.15) is 0 Å². The molecule has 0 fully saturated rings. The van der Waals surface area contributed by atoms with E-state index in [1.165, 1.54) is 13.2 Å². The molecule has 0 saturated heterocycles. The van der Waals surface area contributed by atoms with Crippen molar-refractivity contribution in [2.45, 2.75) is 6.92 Å². The summed E-state index contributed by atoms with van der Waals surface area (Å²) >= 11 is 0. The molecule has 0 radical (unpaired) electrons. The summed E-state index contributed by atoms with van der Waals surface area (Å²) in [7, 11) is 3.03. The highest BCUT2D eigenvalue weighted by Crippen LogP contribution is 2.32.